The number of methoxy groups -OCH3 is 1. The molecule has 2 rings (SSSR count). The van der Waals surface area contributed by atoms with E-state index in [2.05, 4.69) is 17.3 Å². The third-order valence-corrected chi connectivity index (χ3v) is 4.51. The zero-order chi connectivity index (χ0) is 14.6. The molecule has 1 N–H and O–H groups in total. The Morgan fingerprint density at radius 1 is 1.35 bits per heavy atom. The molecule has 0 spiro atoms. The van der Waals surface area contributed by atoms with Gasteiger partial charge in [0.1, 0.15) is 5.54 Å². The van der Waals surface area contributed by atoms with Crippen molar-refractivity contribution in [2.75, 3.05) is 33.9 Å². The summed E-state index contributed by atoms with van der Waals surface area (Å²) in [7, 11) is 3.61. The normalized spacial score (nSPS) is 23.6. The van der Waals surface area contributed by atoms with Crippen molar-refractivity contribution in [3.63, 3.8) is 0 Å². The van der Waals surface area contributed by atoms with Crippen LogP contribution in [0.15, 0.2) is 0 Å². The van der Waals surface area contributed by atoms with Gasteiger partial charge in [-0.2, -0.15) is 0 Å². The molecule has 1 unspecified atom stereocenters. The largest absolute Gasteiger partial charge is 0.468 e. The summed E-state index contributed by atoms with van der Waals surface area (Å²) < 4.78 is 10.4. The summed E-state index contributed by atoms with van der Waals surface area (Å²) in [6, 6.07) is 1.07. The highest BCUT2D eigenvalue weighted by Crippen LogP contribution is 2.25. The predicted molar refractivity (Wildman–Crippen MR) is 77.7 cm³/mol. The zero-order valence-corrected chi connectivity index (χ0v) is 13.0. The molecule has 0 bridgehead atoms. The van der Waals surface area contributed by atoms with Crippen LogP contribution in [0.3, 0.4) is 0 Å². The van der Waals surface area contributed by atoms with Gasteiger partial charge in [0.05, 0.1) is 7.11 Å². The Labute approximate surface area is 122 Å². The first kappa shape index (κ1) is 15.7. The van der Waals surface area contributed by atoms with Gasteiger partial charge in [0.15, 0.2) is 0 Å². The quantitative estimate of drug-likeness (QED) is 0.711. The second kappa shape index (κ2) is 6.87. The molecule has 5 heteroatoms. The van der Waals surface area contributed by atoms with Crippen LogP contribution in [0.25, 0.3) is 0 Å². The van der Waals surface area contributed by atoms with Crippen molar-refractivity contribution < 1.29 is 14.3 Å². The molecule has 1 aliphatic carbocycles. The maximum atomic E-state index is 12.1. The Bertz CT molecular complexity index is 327. The lowest BCUT2D eigenvalue weighted by molar-refractivity contribution is -0.148. The zero-order valence-electron chi connectivity index (χ0n) is 13.0. The molecule has 0 aromatic carbocycles. The maximum Gasteiger partial charge on any atom is 0.325 e. The third-order valence-electron chi connectivity index (χ3n) is 4.51. The minimum absolute atomic E-state index is 0.148. The van der Waals surface area contributed by atoms with Crippen molar-refractivity contribution in [1.82, 2.24) is 10.2 Å². The number of hydrogen-bond acceptors (Lipinski definition) is 5. The van der Waals surface area contributed by atoms with Crippen LogP contribution >= 0.6 is 0 Å². The van der Waals surface area contributed by atoms with E-state index in [0.29, 0.717) is 12.1 Å². The van der Waals surface area contributed by atoms with Gasteiger partial charge in [-0.1, -0.05) is 0 Å². The van der Waals surface area contributed by atoms with Gasteiger partial charge in [0.2, 0.25) is 0 Å². The Morgan fingerprint density at radius 3 is 2.55 bits per heavy atom. The molecular formula is C15H28N2O3. The van der Waals surface area contributed by atoms with E-state index < -0.39 is 5.54 Å². The molecule has 1 saturated carbocycles. The van der Waals surface area contributed by atoms with Crippen LogP contribution in [0.2, 0.25) is 0 Å². The smallest absolute Gasteiger partial charge is 0.325 e. The number of nitrogens with one attached hydrogen (secondary N) is 1. The van der Waals surface area contributed by atoms with Crippen molar-refractivity contribution in [3.8, 4) is 0 Å². The summed E-state index contributed by atoms with van der Waals surface area (Å²) in [5.74, 6) is -0.148. The van der Waals surface area contributed by atoms with Gasteiger partial charge in [0.25, 0.3) is 0 Å². The van der Waals surface area contributed by atoms with Crippen LogP contribution < -0.4 is 5.32 Å². The van der Waals surface area contributed by atoms with Crippen LogP contribution in [0.5, 0.6) is 0 Å². The van der Waals surface area contributed by atoms with Crippen molar-refractivity contribution in [2.24, 2.45) is 0 Å². The molecule has 0 radical (unpaired) electrons. The molecule has 1 aliphatic heterocycles. The minimum atomic E-state index is -0.560. The van der Waals surface area contributed by atoms with E-state index in [4.69, 9.17) is 9.47 Å². The Balaban J connectivity index is 1.85. The van der Waals surface area contributed by atoms with Gasteiger partial charge in [0, 0.05) is 31.8 Å². The average Bonchev–Trinajstić information content (AvgIpc) is 3.28. The molecule has 2 fully saturated rings. The summed E-state index contributed by atoms with van der Waals surface area (Å²) in [6.45, 7) is 4.57. The summed E-state index contributed by atoms with van der Waals surface area (Å²) in [6.07, 6.45) is 5.29. The fraction of sp³-hybridized carbons (Fsp3) is 0.933. The standard InChI is InChI=1S/C15H28N2O3/c1-15(14(18)19-3,16-12-4-5-12)8-9-17(2)13-6-10-20-11-7-13/h12-13,16H,4-11H2,1-3H3. The van der Waals surface area contributed by atoms with Crippen LogP contribution in [0, 0.1) is 0 Å². The number of nitrogens with zero attached hydrogens (tertiary/aromatic N) is 1. The number of esters is 1. The van der Waals surface area contributed by atoms with Crippen molar-refractivity contribution in [2.45, 2.75) is 56.7 Å². The summed E-state index contributed by atoms with van der Waals surface area (Å²) in [5, 5.41) is 3.45. The minimum Gasteiger partial charge on any atom is -0.468 e. The fourth-order valence-corrected chi connectivity index (χ4v) is 2.85. The first-order valence-electron chi connectivity index (χ1n) is 7.69. The van der Waals surface area contributed by atoms with E-state index in [1.807, 2.05) is 6.92 Å². The second-order valence-electron chi connectivity index (χ2n) is 6.32. The third kappa shape index (κ3) is 4.17. The lowest BCUT2D eigenvalue weighted by Gasteiger charge is -2.34. The lowest BCUT2D eigenvalue weighted by atomic mass is 9.96. The highest BCUT2D eigenvalue weighted by molar-refractivity contribution is 5.80. The summed E-state index contributed by atoms with van der Waals surface area (Å²) >= 11 is 0. The molecule has 0 aromatic rings. The topological polar surface area (TPSA) is 50.8 Å². The first-order chi connectivity index (χ1) is 9.55. The van der Waals surface area contributed by atoms with E-state index in [-0.39, 0.29) is 5.97 Å². The van der Waals surface area contributed by atoms with Gasteiger partial charge >= 0.3 is 5.97 Å². The van der Waals surface area contributed by atoms with Crippen LogP contribution in [-0.2, 0) is 14.3 Å². The van der Waals surface area contributed by atoms with E-state index in [0.717, 1.165) is 39.0 Å². The molecular weight excluding hydrogens is 256 g/mol. The molecule has 116 valence electrons. The highest BCUT2D eigenvalue weighted by Gasteiger charge is 2.39. The molecule has 1 saturated heterocycles. The number of carbonyl (C=O) groups excluding carboxylic acids is 1. The van der Waals surface area contributed by atoms with E-state index in [1.54, 1.807) is 0 Å². The SMILES string of the molecule is COC(=O)C(C)(CCN(C)C1CCOCC1)NC1CC1. The number of hydrogen-bond donors (Lipinski definition) is 1. The lowest BCUT2D eigenvalue weighted by Crippen LogP contribution is -2.53. The van der Waals surface area contributed by atoms with E-state index in [9.17, 15) is 4.79 Å². The van der Waals surface area contributed by atoms with Crippen molar-refractivity contribution in [3.05, 3.63) is 0 Å². The predicted octanol–water partition coefficient (Wildman–Crippen LogP) is 1.17. The Kier molecular flexibility index (Phi) is 5.41. The Hall–Kier alpha value is -0.650. The van der Waals surface area contributed by atoms with Crippen molar-refractivity contribution in [1.29, 1.82) is 0 Å². The molecule has 20 heavy (non-hydrogen) atoms. The molecule has 0 amide bonds. The number of ether oxygens (including phenoxy) is 2. The first-order valence-corrected chi connectivity index (χ1v) is 7.69. The average molecular weight is 284 g/mol. The van der Waals surface area contributed by atoms with Gasteiger partial charge in [-0.25, -0.2) is 0 Å². The highest BCUT2D eigenvalue weighted by atomic mass is 16.5. The van der Waals surface area contributed by atoms with Gasteiger partial charge in [-0.05, 0) is 46.1 Å². The van der Waals surface area contributed by atoms with Gasteiger partial charge < -0.3 is 14.4 Å². The van der Waals surface area contributed by atoms with E-state index >= 15 is 0 Å². The second-order valence-corrected chi connectivity index (χ2v) is 6.32. The summed E-state index contributed by atoms with van der Waals surface area (Å²) in [5.41, 5.74) is -0.560. The van der Waals surface area contributed by atoms with Crippen LogP contribution in [0.4, 0.5) is 0 Å². The number of rotatable bonds is 7. The molecule has 1 heterocycles. The van der Waals surface area contributed by atoms with Crippen molar-refractivity contribution >= 4 is 5.97 Å². The van der Waals surface area contributed by atoms with Gasteiger partial charge in [-0.3, -0.25) is 10.1 Å². The molecule has 2 aliphatic rings. The maximum absolute atomic E-state index is 12.1. The molecule has 1 atom stereocenters. The molecule has 0 aromatic heterocycles. The van der Waals surface area contributed by atoms with Crippen LogP contribution in [-0.4, -0.2) is 62.4 Å². The summed E-state index contributed by atoms with van der Waals surface area (Å²) in [4.78, 5) is 14.4. The monoisotopic (exact) mass is 284 g/mol. The van der Waals surface area contributed by atoms with Crippen LogP contribution in [0.1, 0.15) is 39.0 Å². The fourth-order valence-electron chi connectivity index (χ4n) is 2.85. The molecule has 5 nitrogen and oxygen atoms in total. The van der Waals surface area contributed by atoms with E-state index in [1.165, 1.54) is 20.0 Å². The van der Waals surface area contributed by atoms with Gasteiger partial charge in [-0.15, -0.1) is 0 Å². The number of carbonyl (C=O) groups is 1. The Morgan fingerprint density at radius 2 is 2.00 bits per heavy atom.